The normalized spacial score (nSPS) is 16.5. The molecule has 0 spiro atoms. The molecular formula is C18H25F3N2O. The number of halogens is 3. The summed E-state index contributed by atoms with van der Waals surface area (Å²) < 4.78 is 38.7. The molecule has 0 aromatic heterocycles. The van der Waals surface area contributed by atoms with Crippen LogP contribution >= 0.6 is 0 Å². The maximum atomic E-state index is 12.9. The van der Waals surface area contributed by atoms with Gasteiger partial charge in [0, 0.05) is 18.6 Å². The summed E-state index contributed by atoms with van der Waals surface area (Å²) in [5.41, 5.74) is -0.0553. The Kier molecular flexibility index (Phi) is 5.91. The van der Waals surface area contributed by atoms with Crippen molar-refractivity contribution in [1.82, 2.24) is 10.2 Å². The van der Waals surface area contributed by atoms with Gasteiger partial charge in [0.2, 0.25) is 5.91 Å². The standard InChI is InChI=1S/C18H25F3N2O/c1-12(2)10-22-17(24)11-23(16-7-8-16)13(3)14-5-4-6-15(9-14)18(19,20)21/h4-6,9,12-13,16H,7-8,10-11H2,1-3H3,(H,22,24)/t13-/m1/s1. The topological polar surface area (TPSA) is 32.3 Å². The van der Waals surface area contributed by atoms with E-state index in [1.807, 2.05) is 25.7 Å². The van der Waals surface area contributed by atoms with Crippen LogP contribution in [0.15, 0.2) is 24.3 Å². The molecule has 1 saturated carbocycles. The Hall–Kier alpha value is -1.56. The highest BCUT2D eigenvalue weighted by atomic mass is 19.4. The second kappa shape index (κ2) is 7.55. The molecule has 0 heterocycles. The molecule has 0 bridgehead atoms. The number of nitrogens with one attached hydrogen (secondary N) is 1. The summed E-state index contributed by atoms with van der Waals surface area (Å²) in [6.45, 7) is 6.72. The van der Waals surface area contributed by atoms with Crippen LogP contribution in [0.2, 0.25) is 0 Å². The molecule has 0 saturated heterocycles. The van der Waals surface area contributed by atoms with Crippen LogP contribution in [-0.4, -0.2) is 29.9 Å². The lowest BCUT2D eigenvalue weighted by Gasteiger charge is -2.29. The van der Waals surface area contributed by atoms with E-state index in [0.29, 0.717) is 18.0 Å². The van der Waals surface area contributed by atoms with Gasteiger partial charge in [0.15, 0.2) is 0 Å². The number of rotatable bonds is 7. The van der Waals surface area contributed by atoms with Crippen molar-refractivity contribution >= 4 is 5.91 Å². The Labute approximate surface area is 141 Å². The second-order valence-electron chi connectivity index (χ2n) is 6.90. The average molecular weight is 342 g/mol. The molecule has 1 amide bonds. The molecule has 2 rings (SSSR count). The Morgan fingerprint density at radius 2 is 1.96 bits per heavy atom. The minimum Gasteiger partial charge on any atom is -0.355 e. The van der Waals surface area contributed by atoms with E-state index in [-0.39, 0.29) is 24.5 Å². The van der Waals surface area contributed by atoms with Crippen LogP contribution < -0.4 is 5.32 Å². The number of benzene rings is 1. The van der Waals surface area contributed by atoms with Gasteiger partial charge in [-0.05, 0) is 43.4 Å². The molecular weight excluding hydrogens is 317 g/mol. The van der Waals surface area contributed by atoms with Crippen LogP contribution in [0.5, 0.6) is 0 Å². The molecule has 1 aliphatic carbocycles. The van der Waals surface area contributed by atoms with Crippen LogP contribution in [0, 0.1) is 5.92 Å². The summed E-state index contributed by atoms with van der Waals surface area (Å²) in [6.07, 6.45) is -2.38. The number of hydrogen-bond donors (Lipinski definition) is 1. The van der Waals surface area contributed by atoms with Crippen molar-refractivity contribution in [3.63, 3.8) is 0 Å². The van der Waals surface area contributed by atoms with Crippen molar-refractivity contribution in [3.05, 3.63) is 35.4 Å². The van der Waals surface area contributed by atoms with E-state index < -0.39 is 11.7 Å². The first kappa shape index (κ1) is 18.8. The van der Waals surface area contributed by atoms with Crippen LogP contribution in [0.3, 0.4) is 0 Å². The lowest BCUT2D eigenvalue weighted by atomic mass is 10.0. The Balaban J connectivity index is 2.09. The van der Waals surface area contributed by atoms with E-state index >= 15 is 0 Å². The molecule has 3 nitrogen and oxygen atoms in total. The molecule has 0 aliphatic heterocycles. The third-order valence-electron chi connectivity index (χ3n) is 4.24. The number of amides is 1. The lowest BCUT2D eigenvalue weighted by molar-refractivity contribution is -0.137. The molecule has 1 aliphatic rings. The summed E-state index contributed by atoms with van der Waals surface area (Å²) in [4.78, 5) is 14.1. The van der Waals surface area contributed by atoms with Gasteiger partial charge in [-0.2, -0.15) is 13.2 Å². The van der Waals surface area contributed by atoms with E-state index in [9.17, 15) is 18.0 Å². The minimum atomic E-state index is -4.35. The molecule has 1 aromatic carbocycles. The molecule has 1 fully saturated rings. The zero-order chi connectivity index (χ0) is 17.9. The quantitative estimate of drug-likeness (QED) is 0.812. The van der Waals surface area contributed by atoms with E-state index in [2.05, 4.69) is 5.32 Å². The van der Waals surface area contributed by atoms with Gasteiger partial charge in [0.1, 0.15) is 0 Å². The first-order chi connectivity index (χ1) is 11.2. The Bertz CT molecular complexity index is 568. The zero-order valence-corrected chi connectivity index (χ0v) is 14.4. The smallest absolute Gasteiger partial charge is 0.355 e. The SMILES string of the molecule is CC(C)CNC(=O)CN(C1CC1)[C@H](C)c1cccc(C(F)(F)F)c1. The third-order valence-corrected chi connectivity index (χ3v) is 4.24. The summed E-state index contributed by atoms with van der Waals surface area (Å²) in [5, 5.41) is 2.88. The third kappa shape index (κ3) is 5.23. The molecule has 24 heavy (non-hydrogen) atoms. The van der Waals surface area contributed by atoms with Crippen LogP contribution in [0.1, 0.15) is 50.8 Å². The van der Waals surface area contributed by atoms with Crippen molar-refractivity contribution in [1.29, 1.82) is 0 Å². The maximum Gasteiger partial charge on any atom is 0.416 e. The fourth-order valence-corrected chi connectivity index (χ4v) is 2.69. The van der Waals surface area contributed by atoms with Crippen molar-refractivity contribution in [2.24, 2.45) is 5.92 Å². The number of nitrogens with zero attached hydrogens (tertiary/aromatic N) is 1. The van der Waals surface area contributed by atoms with Gasteiger partial charge in [0.25, 0.3) is 0 Å². The Morgan fingerprint density at radius 3 is 2.50 bits per heavy atom. The number of carbonyl (C=O) groups is 1. The van der Waals surface area contributed by atoms with Gasteiger partial charge in [0.05, 0.1) is 12.1 Å². The average Bonchev–Trinajstić information content (AvgIpc) is 3.34. The molecule has 1 aromatic rings. The van der Waals surface area contributed by atoms with Crippen LogP contribution in [-0.2, 0) is 11.0 Å². The maximum absolute atomic E-state index is 12.9. The minimum absolute atomic E-state index is 0.0746. The van der Waals surface area contributed by atoms with Crippen LogP contribution in [0.4, 0.5) is 13.2 Å². The molecule has 1 atom stereocenters. The zero-order valence-electron chi connectivity index (χ0n) is 14.4. The largest absolute Gasteiger partial charge is 0.416 e. The van der Waals surface area contributed by atoms with Gasteiger partial charge < -0.3 is 5.32 Å². The highest BCUT2D eigenvalue weighted by molar-refractivity contribution is 5.78. The fraction of sp³-hybridized carbons (Fsp3) is 0.611. The number of carbonyl (C=O) groups excluding carboxylic acids is 1. The number of alkyl halides is 3. The predicted molar refractivity (Wildman–Crippen MR) is 87.4 cm³/mol. The van der Waals surface area contributed by atoms with Gasteiger partial charge in [-0.1, -0.05) is 26.0 Å². The van der Waals surface area contributed by atoms with E-state index in [0.717, 1.165) is 18.9 Å². The van der Waals surface area contributed by atoms with Gasteiger partial charge in [-0.3, -0.25) is 9.69 Å². The van der Waals surface area contributed by atoms with Crippen molar-refractivity contribution in [2.75, 3.05) is 13.1 Å². The first-order valence-corrected chi connectivity index (χ1v) is 8.38. The summed E-state index contributed by atoms with van der Waals surface area (Å²) in [6, 6.07) is 5.43. The fourth-order valence-electron chi connectivity index (χ4n) is 2.69. The summed E-state index contributed by atoms with van der Waals surface area (Å²) in [7, 11) is 0. The molecule has 1 N–H and O–H groups in total. The second-order valence-corrected chi connectivity index (χ2v) is 6.90. The highest BCUT2D eigenvalue weighted by Crippen LogP contribution is 2.36. The van der Waals surface area contributed by atoms with E-state index in [1.54, 1.807) is 6.07 Å². The Morgan fingerprint density at radius 1 is 1.29 bits per heavy atom. The van der Waals surface area contributed by atoms with Crippen molar-refractivity contribution < 1.29 is 18.0 Å². The predicted octanol–water partition coefficient (Wildman–Crippen LogP) is 4.00. The monoisotopic (exact) mass is 342 g/mol. The first-order valence-electron chi connectivity index (χ1n) is 8.38. The van der Waals surface area contributed by atoms with Gasteiger partial charge in [-0.25, -0.2) is 0 Å². The van der Waals surface area contributed by atoms with Gasteiger partial charge in [-0.15, -0.1) is 0 Å². The van der Waals surface area contributed by atoms with Crippen molar-refractivity contribution in [2.45, 2.75) is 51.9 Å². The molecule has 134 valence electrons. The van der Waals surface area contributed by atoms with Crippen molar-refractivity contribution in [3.8, 4) is 0 Å². The summed E-state index contributed by atoms with van der Waals surface area (Å²) >= 11 is 0. The summed E-state index contributed by atoms with van der Waals surface area (Å²) in [5.74, 6) is 0.290. The molecule has 0 radical (unpaired) electrons. The number of hydrogen-bond acceptors (Lipinski definition) is 2. The lowest BCUT2D eigenvalue weighted by Crippen LogP contribution is -2.40. The molecule has 0 unspecified atom stereocenters. The van der Waals surface area contributed by atoms with Crippen LogP contribution in [0.25, 0.3) is 0 Å². The van der Waals surface area contributed by atoms with E-state index in [4.69, 9.17) is 0 Å². The molecule has 6 heteroatoms. The highest BCUT2D eigenvalue weighted by Gasteiger charge is 2.35. The van der Waals surface area contributed by atoms with E-state index in [1.165, 1.54) is 12.1 Å². The van der Waals surface area contributed by atoms with Gasteiger partial charge >= 0.3 is 6.18 Å².